The van der Waals surface area contributed by atoms with Gasteiger partial charge in [-0.1, -0.05) is 0 Å². The molecular formula is C7H5F6NO3. The highest BCUT2D eigenvalue weighted by molar-refractivity contribution is 5.83. The zero-order valence-corrected chi connectivity index (χ0v) is 7.93. The smallest absolute Gasteiger partial charge is 0.452 e. The molecule has 1 aliphatic rings. The Kier molecular flexibility index (Phi) is 3.26. The third-order valence-electron chi connectivity index (χ3n) is 1.88. The minimum Gasteiger partial charge on any atom is -0.452 e. The molecular weight excluding hydrogens is 260 g/mol. The molecule has 1 aliphatic heterocycles. The Labute approximate surface area is 90.1 Å². The van der Waals surface area contributed by atoms with Crippen molar-refractivity contribution in [1.82, 2.24) is 4.90 Å². The summed E-state index contributed by atoms with van der Waals surface area (Å²) in [6.07, 6.45) is -11.6. The van der Waals surface area contributed by atoms with Gasteiger partial charge in [-0.25, -0.2) is 4.79 Å². The van der Waals surface area contributed by atoms with Crippen LogP contribution in [0.3, 0.4) is 0 Å². The molecule has 0 saturated carbocycles. The number of rotatable bonds is 1. The summed E-state index contributed by atoms with van der Waals surface area (Å²) in [6, 6.07) is 0. The van der Waals surface area contributed by atoms with E-state index in [9.17, 15) is 35.9 Å². The van der Waals surface area contributed by atoms with Crippen molar-refractivity contribution in [2.75, 3.05) is 13.1 Å². The third kappa shape index (κ3) is 3.24. The monoisotopic (exact) mass is 265 g/mol. The normalized spacial score (nSPS) is 17.6. The average Bonchev–Trinajstić information content (AvgIpc) is 2.05. The van der Waals surface area contributed by atoms with Gasteiger partial charge in [0.1, 0.15) is 6.10 Å². The molecule has 0 aromatic rings. The van der Waals surface area contributed by atoms with Crippen LogP contribution < -0.4 is 0 Å². The van der Waals surface area contributed by atoms with E-state index < -0.39 is 43.4 Å². The van der Waals surface area contributed by atoms with Crippen LogP contribution in [0, 0.1) is 0 Å². The van der Waals surface area contributed by atoms with E-state index in [4.69, 9.17) is 0 Å². The molecule has 17 heavy (non-hydrogen) atoms. The second kappa shape index (κ2) is 4.08. The number of esters is 1. The number of halogens is 6. The minimum absolute atomic E-state index is 0.244. The topological polar surface area (TPSA) is 46.6 Å². The molecule has 1 fully saturated rings. The summed E-state index contributed by atoms with van der Waals surface area (Å²) in [4.78, 5) is 21.0. The van der Waals surface area contributed by atoms with Crippen molar-refractivity contribution in [2.24, 2.45) is 0 Å². The molecule has 1 amide bonds. The number of ether oxygens (including phenoxy) is 1. The van der Waals surface area contributed by atoms with Gasteiger partial charge in [0.2, 0.25) is 0 Å². The maximum Gasteiger partial charge on any atom is 0.490 e. The Hall–Kier alpha value is -1.48. The number of carbonyl (C=O) groups is 2. The molecule has 4 nitrogen and oxygen atoms in total. The van der Waals surface area contributed by atoms with Crippen molar-refractivity contribution in [3.63, 3.8) is 0 Å². The fraction of sp³-hybridized carbons (Fsp3) is 0.714. The van der Waals surface area contributed by atoms with Gasteiger partial charge in [0.15, 0.2) is 0 Å². The lowest BCUT2D eigenvalue weighted by molar-refractivity contribution is -0.217. The predicted molar refractivity (Wildman–Crippen MR) is 38.6 cm³/mol. The second-order valence-electron chi connectivity index (χ2n) is 3.23. The molecule has 10 heteroatoms. The first-order valence-electron chi connectivity index (χ1n) is 4.15. The maximum atomic E-state index is 11.8. The van der Waals surface area contributed by atoms with Gasteiger partial charge in [-0.3, -0.25) is 4.79 Å². The van der Waals surface area contributed by atoms with E-state index in [-0.39, 0.29) is 4.90 Å². The van der Waals surface area contributed by atoms with Crippen LogP contribution >= 0.6 is 0 Å². The Morgan fingerprint density at radius 1 is 1.00 bits per heavy atom. The number of likely N-dealkylation sites (tertiary alicyclic amines) is 1. The highest BCUT2D eigenvalue weighted by Crippen LogP contribution is 2.25. The number of hydrogen-bond acceptors (Lipinski definition) is 3. The van der Waals surface area contributed by atoms with Crippen molar-refractivity contribution < 1.29 is 40.7 Å². The summed E-state index contributed by atoms with van der Waals surface area (Å²) in [6.45, 7) is -1.39. The molecule has 0 unspecified atom stereocenters. The lowest BCUT2D eigenvalue weighted by Crippen LogP contribution is -2.59. The van der Waals surface area contributed by atoms with Crippen molar-refractivity contribution in [2.45, 2.75) is 18.5 Å². The first kappa shape index (κ1) is 13.6. The quantitative estimate of drug-likeness (QED) is 0.522. The molecule has 0 N–H and O–H groups in total. The van der Waals surface area contributed by atoms with Crippen LogP contribution in [0.4, 0.5) is 26.3 Å². The number of alkyl halides is 6. The molecule has 1 saturated heterocycles. The van der Waals surface area contributed by atoms with Crippen molar-refractivity contribution in [3.8, 4) is 0 Å². The summed E-state index contributed by atoms with van der Waals surface area (Å²) >= 11 is 0. The van der Waals surface area contributed by atoms with Gasteiger partial charge in [0.25, 0.3) is 0 Å². The fourth-order valence-corrected chi connectivity index (χ4v) is 1.08. The number of carbonyl (C=O) groups excluding carboxylic acids is 2. The standard InChI is InChI=1S/C7H5F6NO3/c8-6(9,10)4(15)14-1-3(2-14)17-5(16)7(11,12)13/h3H,1-2H2. The van der Waals surface area contributed by atoms with E-state index in [1.807, 2.05) is 0 Å². The zero-order chi connectivity index (χ0) is 13.4. The average molecular weight is 265 g/mol. The molecule has 0 spiro atoms. The highest BCUT2D eigenvalue weighted by Gasteiger charge is 2.49. The molecule has 0 bridgehead atoms. The van der Waals surface area contributed by atoms with Gasteiger partial charge in [0.05, 0.1) is 13.1 Å². The van der Waals surface area contributed by atoms with Crippen LogP contribution in [-0.2, 0) is 14.3 Å². The maximum absolute atomic E-state index is 11.8. The van der Waals surface area contributed by atoms with E-state index in [1.165, 1.54) is 0 Å². The second-order valence-corrected chi connectivity index (χ2v) is 3.23. The summed E-state index contributed by atoms with van der Waals surface area (Å²) < 4.78 is 74.3. The van der Waals surface area contributed by atoms with Gasteiger partial charge in [-0.05, 0) is 0 Å². The number of nitrogens with zero attached hydrogens (tertiary/aromatic N) is 1. The number of hydrogen-bond donors (Lipinski definition) is 0. The Morgan fingerprint density at radius 2 is 1.47 bits per heavy atom. The van der Waals surface area contributed by atoms with Crippen LogP contribution in [0.2, 0.25) is 0 Å². The minimum atomic E-state index is -5.20. The predicted octanol–water partition coefficient (Wildman–Crippen LogP) is 0.865. The van der Waals surface area contributed by atoms with Crippen LogP contribution in [-0.4, -0.2) is 48.3 Å². The van der Waals surface area contributed by atoms with Gasteiger partial charge in [-0.2, -0.15) is 26.3 Å². The molecule has 1 heterocycles. The van der Waals surface area contributed by atoms with Gasteiger partial charge >= 0.3 is 24.2 Å². The zero-order valence-electron chi connectivity index (χ0n) is 7.93. The van der Waals surface area contributed by atoms with Crippen LogP contribution in [0.25, 0.3) is 0 Å². The molecule has 0 aromatic heterocycles. The lowest BCUT2D eigenvalue weighted by atomic mass is 10.1. The van der Waals surface area contributed by atoms with Gasteiger partial charge < -0.3 is 9.64 Å². The summed E-state index contributed by atoms with van der Waals surface area (Å²) in [5.41, 5.74) is 0. The van der Waals surface area contributed by atoms with Crippen LogP contribution in [0.5, 0.6) is 0 Å². The van der Waals surface area contributed by atoms with Gasteiger partial charge in [-0.15, -0.1) is 0 Å². The van der Waals surface area contributed by atoms with E-state index in [2.05, 4.69) is 4.74 Å². The van der Waals surface area contributed by atoms with E-state index in [0.29, 0.717) is 0 Å². The van der Waals surface area contributed by atoms with Crippen molar-refractivity contribution >= 4 is 11.9 Å². The lowest BCUT2D eigenvalue weighted by Gasteiger charge is -2.38. The molecule has 0 radical (unpaired) electrons. The molecule has 98 valence electrons. The summed E-state index contributed by atoms with van der Waals surface area (Å²) in [7, 11) is 0. The molecule has 1 rings (SSSR count). The molecule has 0 aromatic carbocycles. The Balaban J connectivity index is 2.39. The SMILES string of the molecule is O=C(OC1CN(C(=O)C(F)(F)F)C1)C(F)(F)F. The fourth-order valence-electron chi connectivity index (χ4n) is 1.08. The van der Waals surface area contributed by atoms with E-state index in [1.54, 1.807) is 0 Å². The molecule has 0 aliphatic carbocycles. The Bertz CT molecular complexity index is 329. The summed E-state index contributed by atoms with van der Waals surface area (Å²) in [5.74, 6) is -4.65. The first-order valence-corrected chi connectivity index (χ1v) is 4.15. The van der Waals surface area contributed by atoms with E-state index >= 15 is 0 Å². The number of amides is 1. The van der Waals surface area contributed by atoms with Gasteiger partial charge in [0, 0.05) is 0 Å². The first-order chi connectivity index (χ1) is 7.51. The summed E-state index contributed by atoms with van der Waals surface area (Å²) in [5, 5.41) is 0. The Morgan fingerprint density at radius 3 is 1.82 bits per heavy atom. The van der Waals surface area contributed by atoms with Crippen LogP contribution in [0.1, 0.15) is 0 Å². The van der Waals surface area contributed by atoms with E-state index in [0.717, 1.165) is 0 Å². The molecule has 0 atom stereocenters. The van der Waals surface area contributed by atoms with Crippen molar-refractivity contribution in [3.05, 3.63) is 0 Å². The third-order valence-corrected chi connectivity index (χ3v) is 1.88. The van der Waals surface area contributed by atoms with Crippen LogP contribution in [0.15, 0.2) is 0 Å². The largest absolute Gasteiger partial charge is 0.490 e. The highest BCUT2D eigenvalue weighted by atomic mass is 19.4. The van der Waals surface area contributed by atoms with Crippen molar-refractivity contribution in [1.29, 1.82) is 0 Å².